The molecule has 6 heteroatoms. The first-order chi connectivity index (χ1) is 16.2. The predicted molar refractivity (Wildman–Crippen MR) is 132 cm³/mol. The number of benzene rings is 2. The van der Waals surface area contributed by atoms with Gasteiger partial charge in [-0.25, -0.2) is 0 Å². The molecular weight excluding hydrogens is 428 g/mol. The summed E-state index contributed by atoms with van der Waals surface area (Å²) in [5.74, 6) is -0.774. The summed E-state index contributed by atoms with van der Waals surface area (Å²) in [7, 11) is 1.60. The fourth-order valence-corrected chi connectivity index (χ4v) is 4.32. The Morgan fingerprint density at radius 2 is 1.71 bits per heavy atom. The van der Waals surface area contributed by atoms with Gasteiger partial charge in [0.1, 0.15) is 11.5 Å². The Kier molecular flexibility index (Phi) is 6.24. The largest absolute Gasteiger partial charge is 0.507 e. The van der Waals surface area contributed by atoms with Crippen LogP contribution in [0.3, 0.4) is 0 Å². The van der Waals surface area contributed by atoms with Gasteiger partial charge in [-0.1, -0.05) is 19.9 Å². The normalized spacial score (nSPS) is 17.5. The number of ether oxygens (including phenoxy) is 1. The standard InChI is InChI=1S/C28H28N2O4/c1-16(2)22-15-20(7-9-23(22)34-5)26(31)24-25(19-10-12-29-13-11-19)30(28(33)27(24)32)21-8-6-17(3)18(4)14-21/h6-16,25,31H,1-5H3/b26-24-. The Bertz CT molecular complexity index is 1300. The molecule has 1 N–H and O–H groups in total. The molecule has 0 aliphatic carbocycles. The average molecular weight is 457 g/mol. The van der Waals surface area contributed by atoms with Crippen molar-refractivity contribution in [3.05, 3.63) is 94.3 Å². The Labute approximate surface area is 199 Å². The molecular formula is C28H28N2O4. The number of aryl methyl sites for hydroxylation is 2. The third-order valence-electron chi connectivity index (χ3n) is 6.36. The summed E-state index contributed by atoms with van der Waals surface area (Å²) >= 11 is 0. The zero-order valence-electron chi connectivity index (χ0n) is 20.0. The lowest BCUT2D eigenvalue weighted by Crippen LogP contribution is -2.29. The number of amides is 1. The van der Waals surface area contributed by atoms with E-state index in [4.69, 9.17) is 4.74 Å². The van der Waals surface area contributed by atoms with E-state index in [9.17, 15) is 14.7 Å². The molecule has 1 fully saturated rings. The number of aromatic nitrogens is 1. The van der Waals surface area contributed by atoms with Crippen molar-refractivity contribution < 1.29 is 19.4 Å². The Balaban J connectivity index is 1.94. The molecule has 1 aromatic heterocycles. The minimum Gasteiger partial charge on any atom is -0.507 e. The molecule has 3 aromatic rings. The number of aliphatic hydroxyl groups excluding tert-OH is 1. The van der Waals surface area contributed by atoms with E-state index in [1.54, 1.807) is 43.8 Å². The van der Waals surface area contributed by atoms with E-state index in [0.29, 0.717) is 22.6 Å². The highest BCUT2D eigenvalue weighted by Crippen LogP contribution is 2.43. The van der Waals surface area contributed by atoms with Gasteiger partial charge >= 0.3 is 0 Å². The van der Waals surface area contributed by atoms with Crippen molar-refractivity contribution in [3.8, 4) is 5.75 Å². The molecule has 34 heavy (non-hydrogen) atoms. The predicted octanol–water partition coefficient (Wildman–Crippen LogP) is 5.46. The molecule has 0 spiro atoms. The van der Waals surface area contributed by atoms with Gasteiger partial charge in [0.15, 0.2) is 0 Å². The summed E-state index contributed by atoms with van der Waals surface area (Å²) in [6.07, 6.45) is 3.22. The zero-order chi connectivity index (χ0) is 24.6. The third kappa shape index (κ3) is 3.96. The van der Waals surface area contributed by atoms with Crippen LogP contribution in [0.5, 0.6) is 5.75 Å². The van der Waals surface area contributed by atoms with Gasteiger partial charge < -0.3 is 9.84 Å². The number of methoxy groups -OCH3 is 1. The van der Waals surface area contributed by atoms with Gasteiger partial charge in [-0.15, -0.1) is 0 Å². The topological polar surface area (TPSA) is 79.7 Å². The van der Waals surface area contributed by atoms with E-state index in [1.807, 2.05) is 52.0 Å². The summed E-state index contributed by atoms with van der Waals surface area (Å²) < 4.78 is 5.46. The second-order valence-electron chi connectivity index (χ2n) is 8.83. The Morgan fingerprint density at radius 3 is 2.32 bits per heavy atom. The summed E-state index contributed by atoms with van der Waals surface area (Å²) in [6.45, 7) is 8.00. The van der Waals surface area contributed by atoms with E-state index in [0.717, 1.165) is 16.7 Å². The highest BCUT2D eigenvalue weighted by molar-refractivity contribution is 6.51. The van der Waals surface area contributed by atoms with Crippen molar-refractivity contribution in [3.63, 3.8) is 0 Å². The lowest BCUT2D eigenvalue weighted by atomic mass is 9.93. The fourth-order valence-electron chi connectivity index (χ4n) is 4.32. The average Bonchev–Trinajstić information content (AvgIpc) is 3.11. The van der Waals surface area contributed by atoms with Gasteiger partial charge in [-0.05, 0) is 84.5 Å². The smallest absolute Gasteiger partial charge is 0.300 e. The van der Waals surface area contributed by atoms with Gasteiger partial charge in [0, 0.05) is 23.6 Å². The van der Waals surface area contributed by atoms with Crippen LogP contribution in [0.4, 0.5) is 5.69 Å². The summed E-state index contributed by atoms with van der Waals surface area (Å²) in [5, 5.41) is 11.4. The lowest BCUT2D eigenvalue weighted by Gasteiger charge is -2.26. The maximum absolute atomic E-state index is 13.3. The van der Waals surface area contributed by atoms with Crippen molar-refractivity contribution >= 4 is 23.1 Å². The number of Topliss-reactive ketones (excluding diaryl/α,β-unsaturated/α-hetero) is 1. The maximum atomic E-state index is 13.3. The number of carbonyl (C=O) groups excluding carboxylic acids is 2. The zero-order valence-corrected chi connectivity index (χ0v) is 20.0. The molecule has 1 saturated heterocycles. The number of aliphatic hydroxyl groups is 1. The van der Waals surface area contributed by atoms with Crippen LogP contribution in [-0.4, -0.2) is 28.9 Å². The van der Waals surface area contributed by atoms with Gasteiger partial charge in [0.05, 0.1) is 18.7 Å². The first kappa shape index (κ1) is 23.2. The van der Waals surface area contributed by atoms with Crippen molar-refractivity contribution in [2.45, 2.75) is 39.7 Å². The van der Waals surface area contributed by atoms with Crippen LogP contribution in [0.2, 0.25) is 0 Å². The Hall–Kier alpha value is -3.93. The molecule has 0 bridgehead atoms. The van der Waals surface area contributed by atoms with E-state index in [-0.39, 0.29) is 17.3 Å². The minimum atomic E-state index is -0.783. The molecule has 2 aromatic carbocycles. The molecule has 0 radical (unpaired) electrons. The SMILES string of the molecule is COc1ccc(/C(O)=C2/C(=O)C(=O)N(c3ccc(C)c(C)c3)C2c2ccncc2)cc1C(C)C. The van der Waals surface area contributed by atoms with Crippen LogP contribution in [0, 0.1) is 13.8 Å². The first-order valence-corrected chi connectivity index (χ1v) is 11.2. The minimum absolute atomic E-state index is 0.0503. The molecule has 1 atom stereocenters. The van der Waals surface area contributed by atoms with Gasteiger partial charge in [0.25, 0.3) is 11.7 Å². The number of nitrogens with zero attached hydrogens (tertiary/aromatic N) is 2. The number of hydrogen-bond acceptors (Lipinski definition) is 5. The summed E-state index contributed by atoms with van der Waals surface area (Å²) in [6, 6.07) is 13.6. The Morgan fingerprint density at radius 1 is 1.00 bits per heavy atom. The van der Waals surface area contributed by atoms with Crippen LogP contribution in [0.15, 0.2) is 66.5 Å². The second-order valence-corrected chi connectivity index (χ2v) is 8.83. The third-order valence-corrected chi connectivity index (χ3v) is 6.36. The molecule has 1 aliphatic rings. The number of pyridine rings is 1. The number of rotatable bonds is 5. The monoisotopic (exact) mass is 456 g/mol. The molecule has 174 valence electrons. The second kappa shape index (κ2) is 9.14. The van der Waals surface area contributed by atoms with Crippen LogP contribution in [-0.2, 0) is 9.59 Å². The quantitative estimate of drug-likeness (QED) is 0.313. The molecule has 4 rings (SSSR count). The highest BCUT2D eigenvalue weighted by atomic mass is 16.5. The van der Waals surface area contributed by atoms with E-state index in [1.165, 1.54) is 4.90 Å². The molecule has 6 nitrogen and oxygen atoms in total. The molecule has 2 heterocycles. The first-order valence-electron chi connectivity index (χ1n) is 11.2. The van der Waals surface area contributed by atoms with Crippen LogP contribution < -0.4 is 9.64 Å². The van der Waals surface area contributed by atoms with Crippen molar-refractivity contribution in [2.24, 2.45) is 0 Å². The fraction of sp³-hybridized carbons (Fsp3) is 0.250. The summed E-state index contributed by atoms with van der Waals surface area (Å²) in [5.41, 5.74) is 4.78. The van der Waals surface area contributed by atoms with Crippen molar-refractivity contribution in [2.75, 3.05) is 12.0 Å². The van der Waals surface area contributed by atoms with Crippen molar-refractivity contribution in [1.82, 2.24) is 4.98 Å². The van der Waals surface area contributed by atoms with Gasteiger partial charge in [0.2, 0.25) is 0 Å². The number of carbonyl (C=O) groups is 2. The number of ketones is 1. The lowest BCUT2D eigenvalue weighted by molar-refractivity contribution is -0.132. The molecule has 0 saturated carbocycles. The molecule has 1 amide bonds. The van der Waals surface area contributed by atoms with E-state index in [2.05, 4.69) is 4.98 Å². The summed E-state index contributed by atoms with van der Waals surface area (Å²) in [4.78, 5) is 32.2. The van der Waals surface area contributed by atoms with Crippen LogP contribution in [0.1, 0.15) is 53.6 Å². The van der Waals surface area contributed by atoms with Gasteiger partial charge in [-0.2, -0.15) is 0 Å². The number of anilines is 1. The van der Waals surface area contributed by atoms with E-state index >= 15 is 0 Å². The number of hydrogen-bond donors (Lipinski definition) is 1. The van der Waals surface area contributed by atoms with Gasteiger partial charge in [-0.3, -0.25) is 19.5 Å². The van der Waals surface area contributed by atoms with E-state index < -0.39 is 17.7 Å². The highest BCUT2D eigenvalue weighted by Gasteiger charge is 2.47. The maximum Gasteiger partial charge on any atom is 0.300 e. The molecule has 1 aliphatic heterocycles. The van der Waals surface area contributed by atoms with Crippen LogP contribution in [0.25, 0.3) is 5.76 Å². The molecule has 1 unspecified atom stereocenters. The van der Waals surface area contributed by atoms with Crippen molar-refractivity contribution in [1.29, 1.82) is 0 Å². The van der Waals surface area contributed by atoms with Crippen LogP contribution >= 0.6 is 0 Å².